The largest absolute Gasteiger partial charge is 0.508 e. The van der Waals surface area contributed by atoms with E-state index in [2.05, 4.69) is 5.32 Å². The van der Waals surface area contributed by atoms with Gasteiger partial charge in [0.15, 0.2) is 0 Å². The summed E-state index contributed by atoms with van der Waals surface area (Å²) >= 11 is 6.04. The van der Waals surface area contributed by atoms with Crippen LogP contribution in [0.2, 0.25) is 5.02 Å². The number of anilines is 1. The molecule has 0 fully saturated rings. The van der Waals surface area contributed by atoms with Gasteiger partial charge in [0, 0.05) is 0 Å². The Morgan fingerprint density at radius 2 is 1.71 bits per heavy atom. The van der Waals surface area contributed by atoms with Crippen LogP contribution in [0.25, 0.3) is 10.8 Å². The van der Waals surface area contributed by atoms with E-state index in [1.165, 1.54) is 6.07 Å². The zero-order valence-electron chi connectivity index (χ0n) is 11.0. The second-order valence-corrected chi connectivity index (χ2v) is 5.06. The Balaban J connectivity index is 2.04. The monoisotopic (exact) mass is 297 g/mol. The summed E-state index contributed by atoms with van der Waals surface area (Å²) in [6.07, 6.45) is 0. The number of rotatable bonds is 2. The molecule has 0 atom stereocenters. The zero-order chi connectivity index (χ0) is 14.8. The Kier molecular flexibility index (Phi) is 3.50. The number of fused-ring (bicyclic) bond motifs is 1. The fraction of sp³-hybridized carbons (Fsp3) is 0. The number of aromatic hydroxyl groups is 1. The predicted molar refractivity (Wildman–Crippen MR) is 85.0 cm³/mol. The van der Waals surface area contributed by atoms with Crippen molar-refractivity contribution in [2.24, 2.45) is 0 Å². The number of phenolic OH excluding ortho intramolecular Hbond substituents is 1. The Morgan fingerprint density at radius 1 is 1.00 bits per heavy atom. The average molecular weight is 298 g/mol. The van der Waals surface area contributed by atoms with E-state index < -0.39 is 0 Å². The summed E-state index contributed by atoms with van der Waals surface area (Å²) in [5.74, 6) is -0.256. The maximum atomic E-state index is 12.5. The number of para-hydroxylation sites is 1. The van der Waals surface area contributed by atoms with Crippen molar-refractivity contribution in [2.45, 2.75) is 0 Å². The first-order valence-electron chi connectivity index (χ1n) is 6.43. The van der Waals surface area contributed by atoms with Crippen LogP contribution in [0.1, 0.15) is 10.4 Å². The maximum Gasteiger partial charge on any atom is 0.256 e. The highest BCUT2D eigenvalue weighted by Gasteiger charge is 2.13. The normalized spacial score (nSPS) is 10.5. The van der Waals surface area contributed by atoms with Gasteiger partial charge in [0.2, 0.25) is 0 Å². The lowest BCUT2D eigenvalue weighted by Crippen LogP contribution is -2.12. The molecule has 0 spiro atoms. The van der Waals surface area contributed by atoms with Crippen molar-refractivity contribution in [3.05, 3.63) is 71.2 Å². The molecular formula is C17H12ClNO2. The summed E-state index contributed by atoms with van der Waals surface area (Å²) in [6, 6.07) is 17.5. The highest BCUT2D eigenvalue weighted by Crippen LogP contribution is 2.27. The second kappa shape index (κ2) is 5.46. The number of nitrogens with one attached hydrogen (secondary N) is 1. The van der Waals surface area contributed by atoms with Crippen molar-refractivity contribution in [1.82, 2.24) is 0 Å². The Labute approximate surface area is 126 Å². The molecule has 3 rings (SSSR count). The fourth-order valence-corrected chi connectivity index (χ4v) is 2.42. The smallest absolute Gasteiger partial charge is 0.256 e. The molecule has 4 heteroatoms. The van der Waals surface area contributed by atoms with Crippen molar-refractivity contribution in [3.8, 4) is 5.75 Å². The van der Waals surface area contributed by atoms with Crippen LogP contribution < -0.4 is 5.32 Å². The van der Waals surface area contributed by atoms with Crippen LogP contribution in [-0.4, -0.2) is 11.0 Å². The fourth-order valence-electron chi connectivity index (χ4n) is 2.23. The first kappa shape index (κ1) is 13.5. The number of carbonyl (C=O) groups is 1. The van der Waals surface area contributed by atoms with Gasteiger partial charge in [0.1, 0.15) is 5.75 Å². The van der Waals surface area contributed by atoms with Crippen molar-refractivity contribution >= 4 is 34.0 Å². The van der Waals surface area contributed by atoms with Crippen LogP contribution in [0.3, 0.4) is 0 Å². The highest BCUT2D eigenvalue weighted by atomic mass is 35.5. The van der Waals surface area contributed by atoms with E-state index in [4.69, 9.17) is 11.6 Å². The Bertz CT molecular complexity index is 830. The first-order chi connectivity index (χ1) is 10.1. The van der Waals surface area contributed by atoms with Crippen molar-refractivity contribution in [1.29, 1.82) is 0 Å². The standard InChI is InChI=1S/C17H12ClNO2/c18-15-7-3-4-8-16(15)19-17(21)14-10-12(20)9-11-5-1-2-6-13(11)14/h1-10,20H,(H,19,21). The van der Waals surface area contributed by atoms with Gasteiger partial charge in [-0.3, -0.25) is 4.79 Å². The topological polar surface area (TPSA) is 49.3 Å². The van der Waals surface area contributed by atoms with Crippen molar-refractivity contribution in [3.63, 3.8) is 0 Å². The summed E-state index contributed by atoms with van der Waals surface area (Å²) in [5, 5.41) is 14.6. The van der Waals surface area contributed by atoms with Crippen LogP contribution in [0.5, 0.6) is 5.75 Å². The molecule has 0 radical (unpaired) electrons. The zero-order valence-corrected chi connectivity index (χ0v) is 11.8. The molecule has 0 saturated heterocycles. The van der Waals surface area contributed by atoms with Crippen molar-refractivity contribution in [2.75, 3.05) is 5.32 Å². The van der Waals surface area contributed by atoms with Gasteiger partial charge in [-0.25, -0.2) is 0 Å². The molecule has 0 aromatic heterocycles. The van der Waals surface area contributed by atoms with Crippen LogP contribution >= 0.6 is 11.6 Å². The van der Waals surface area contributed by atoms with Gasteiger partial charge in [-0.1, -0.05) is 48.0 Å². The van der Waals surface area contributed by atoms with Gasteiger partial charge in [-0.2, -0.15) is 0 Å². The predicted octanol–water partition coefficient (Wildman–Crippen LogP) is 4.45. The lowest BCUT2D eigenvalue weighted by Gasteiger charge is -2.10. The van der Waals surface area contributed by atoms with Gasteiger partial charge in [0.25, 0.3) is 5.91 Å². The molecule has 0 aliphatic rings. The van der Waals surface area contributed by atoms with Gasteiger partial charge >= 0.3 is 0 Å². The number of phenols is 1. The van der Waals surface area contributed by atoms with Gasteiger partial charge < -0.3 is 10.4 Å². The van der Waals surface area contributed by atoms with E-state index in [0.717, 1.165) is 10.8 Å². The molecule has 0 aliphatic carbocycles. The average Bonchev–Trinajstić information content (AvgIpc) is 2.48. The number of hydrogen-bond donors (Lipinski definition) is 2. The summed E-state index contributed by atoms with van der Waals surface area (Å²) in [4.78, 5) is 12.5. The summed E-state index contributed by atoms with van der Waals surface area (Å²) < 4.78 is 0. The van der Waals surface area contributed by atoms with E-state index >= 15 is 0 Å². The number of halogens is 1. The number of amides is 1. The lowest BCUT2D eigenvalue weighted by atomic mass is 10.0. The van der Waals surface area contributed by atoms with Crippen molar-refractivity contribution < 1.29 is 9.90 Å². The molecule has 0 heterocycles. The number of hydrogen-bond acceptors (Lipinski definition) is 2. The third-order valence-electron chi connectivity index (χ3n) is 3.21. The molecule has 104 valence electrons. The van der Waals surface area contributed by atoms with E-state index in [0.29, 0.717) is 16.3 Å². The number of carbonyl (C=O) groups excluding carboxylic acids is 1. The molecule has 0 unspecified atom stereocenters. The molecule has 3 nitrogen and oxygen atoms in total. The molecule has 2 N–H and O–H groups in total. The maximum absolute atomic E-state index is 12.5. The Hall–Kier alpha value is -2.52. The third-order valence-corrected chi connectivity index (χ3v) is 3.54. The van der Waals surface area contributed by atoms with E-state index in [1.807, 2.05) is 24.3 Å². The summed E-state index contributed by atoms with van der Waals surface area (Å²) in [5.41, 5.74) is 0.946. The Morgan fingerprint density at radius 3 is 2.52 bits per heavy atom. The minimum atomic E-state index is -0.310. The molecule has 0 bridgehead atoms. The summed E-state index contributed by atoms with van der Waals surface area (Å²) in [7, 11) is 0. The highest BCUT2D eigenvalue weighted by molar-refractivity contribution is 6.34. The second-order valence-electron chi connectivity index (χ2n) is 4.65. The van der Waals surface area contributed by atoms with Crippen LogP contribution in [0, 0.1) is 0 Å². The quantitative estimate of drug-likeness (QED) is 0.734. The molecule has 0 saturated carbocycles. The number of benzene rings is 3. The molecule has 21 heavy (non-hydrogen) atoms. The van der Waals surface area contributed by atoms with Crippen LogP contribution in [-0.2, 0) is 0 Å². The van der Waals surface area contributed by atoms with Crippen LogP contribution in [0.4, 0.5) is 5.69 Å². The minimum absolute atomic E-state index is 0.0537. The van der Waals surface area contributed by atoms with E-state index in [-0.39, 0.29) is 11.7 Å². The van der Waals surface area contributed by atoms with Gasteiger partial charge in [-0.15, -0.1) is 0 Å². The van der Waals surface area contributed by atoms with Crippen LogP contribution in [0.15, 0.2) is 60.7 Å². The molecular weight excluding hydrogens is 286 g/mol. The molecule has 1 amide bonds. The van der Waals surface area contributed by atoms with E-state index in [1.54, 1.807) is 30.3 Å². The lowest BCUT2D eigenvalue weighted by molar-refractivity contribution is 0.102. The molecule has 3 aromatic rings. The summed E-state index contributed by atoms with van der Waals surface area (Å²) in [6.45, 7) is 0. The molecule has 3 aromatic carbocycles. The van der Waals surface area contributed by atoms with Gasteiger partial charge in [-0.05, 0) is 35.0 Å². The SMILES string of the molecule is O=C(Nc1ccccc1Cl)c1cc(O)cc2ccccc12. The third kappa shape index (κ3) is 2.69. The molecule has 0 aliphatic heterocycles. The van der Waals surface area contributed by atoms with E-state index in [9.17, 15) is 9.90 Å². The minimum Gasteiger partial charge on any atom is -0.508 e. The van der Waals surface area contributed by atoms with Gasteiger partial charge in [0.05, 0.1) is 16.3 Å². The first-order valence-corrected chi connectivity index (χ1v) is 6.80.